The molecule has 0 spiro atoms. The molecular formula is C13H16BrNS. The normalized spacial score (nSPS) is 12.1. The van der Waals surface area contributed by atoms with Crippen molar-refractivity contribution in [2.24, 2.45) is 0 Å². The highest BCUT2D eigenvalue weighted by Crippen LogP contribution is 2.23. The molecular weight excluding hydrogens is 282 g/mol. The van der Waals surface area contributed by atoms with Gasteiger partial charge in [-0.2, -0.15) is 0 Å². The maximum absolute atomic E-state index is 5.27. The van der Waals surface area contributed by atoms with Crippen LogP contribution in [0.2, 0.25) is 0 Å². The minimum atomic E-state index is 0.486. The van der Waals surface area contributed by atoms with Crippen LogP contribution in [0.3, 0.4) is 0 Å². The van der Waals surface area contributed by atoms with Crippen molar-refractivity contribution in [3.63, 3.8) is 0 Å². The van der Waals surface area contributed by atoms with E-state index < -0.39 is 0 Å². The van der Waals surface area contributed by atoms with Gasteiger partial charge in [-0.15, -0.1) is 24.1 Å². The third-order valence-electron chi connectivity index (χ3n) is 2.29. The minimum Gasteiger partial charge on any atom is -0.316 e. The molecule has 0 radical (unpaired) electrons. The predicted octanol–water partition coefficient (Wildman–Crippen LogP) is 3.54. The Morgan fingerprint density at radius 2 is 2.38 bits per heavy atom. The molecule has 1 aromatic carbocycles. The largest absolute Gasteiger partial charge is 0.316 e. The van der Waals surface area contributed by atoms with Crippen molar-refractivity contribution >= 4 is 27.7 Å². The number of rotatable bonds is 6. The van der Waals surface area contributed by atoms with Crippen molar-refractivity contribution in [2.45, 2.75) is 23.8 Å². The number of thioether (sulfide) groups is 1. The maximum Gasteiger partial charge on any atom is 0.0186 e. The van der Waals surface area contributed by atoms with Crippen LogP contribution in [0.15, 0.2) is 33.6 Å². The fraction of sp³-hybridized carbons (Fsp3) is 0.385. The highest BCUT2D eigenvalue weighted by Gasteiger charge is 2.05. The van der Waals surface area contributed by atoms with E-state index in [2.05, 4.69) is 45.4 Å². The minimum absolute atomic E-state index is 0.486. The average Bonchev–Trinajstić information content (AvgIpc) is 2.29. The standard InChI is InChI=1S/C13H16BrNS/c1-3-4-7-12(15-2)10-16-13-8-5-6-11(14)9-13/h1,5-6,8-9,12,15H,4,7,10H2,2H3. The van der Waals surface area contributed by atoms with Gasteiger partial charge in [0.2, 0.25) is 0 Å². The molecule has 0 amide bonds. The molecule has 0 aromatic heterocycles. The van der Waals surface area contributed by atoms with E-state index in [-0.39, 0.29) is 0 Å². The quantitative estimate of drug-likeness (QED) is 0.637. The zero-order valence-electron chi connectivity index (χ0n) is 9.37. The molecule has 0 aliphatic carbocycles. The summed E-state index contributed by atoms with van der Waals surface area (Å²) in [5, 5.41) is 3.29. The Bertz CT molecular complexity index is 359. The summed E-state index contributed by atoms with van der Waals surface area (Å²) in [6, 6.07) is 8.85. The summed E-state index contributed by atoms with van der Waals surface area (Å²) in [5.41, 5.74) is 0. The lowest BCUT2D eigenvalue weighted by molar-refractivity contribution is 0.582. The van der Waals surface area contributed by atoms with Crippen LogP contribution in [-0.2, 0) is 0 Å². The lowest BCUT2D eigenvalue weighted by atomic mass is 10.2. The monoisotopic (exact) mass is 297 g/mol. The van der Waals surface area contributed by atoms with E-state index in [1.165, 1.54) is 4.90 Å². The summed E-state index contributed by atoms with van der Waals surface area (Å²) in [6.07, 6.45) is 7.14. The molecule has 3 heteroatoms. The smallest absolute Gasteiger partial charge is 0.0186 e. The predicted molar refractivity (Wildman–Crippen MR) is 75.8 cm³/mol. The van der Waals surface area contributed by atoms with Crippen molar-refractivity contribution in [2.75, 3.05) is 12.8 Å². The summed E-state index contributed by atoms with van der Waals surface area (Å²) in [4.78, 5) is 1.29. The molecule has 0 saturated heterocycles. The van der Waals surface area contributed by atoms with Crippen LogP contribution in [0.4, 0.5) is 0 Å². The first kappa shape index (κ1) is 13.6. The molecule has 1 rings (SSSR count). The molecule has 1 unspecified atom stereocenters. The highest BCUT2D eigenvalue weighted by atomic mass is 79.9. The van der Waals surface area contributed by atoms with E-state index in [0.717, 1.165) is 23.1 Å². The first-order chi connectivity index (χ1) is 7.76. The van der Waals surface area contributed by atoms with Crippen LogP contribution < -0.4 is 5.32 Å². The summed E-state index contributed by atoms with van der Waals surface area (Å²) in [6.45, 7) is 0. The molecule has 0 fully saturated rings. The lowest BCUT2D eigenvalue weighted by Gasteiger charge is -2.14. The average molecular weight is 298 g/mol. The van der Waals surface area contributed by atoms with Gasteiger partial charge in [0.1, 0.15) is 0 Å². The molecule has 1 nitrogen and oxygen atoms in total. The summed E-state index contributed by atoms with van der Waals surface area (Å²) in [5.74, 6) is 3.73. The van der Waals surface area contributed by atoms with Crippen LogP contribution in [0.5, 0.6) is 0 Å². The van der Waals surface area contributed by atoms with Crippen LogP contribution >= 0.6 is 27.7 Å². The molecule has 0 saturated carbocycles. The zero-order chi connectivity index (χ0) is 11.8. The molecule has 0 heterocycles. The van der Waals surface area contributed by atoms with E-state index in [4.69, 9.17) is 6.42 Å². The van der Waals surface area contributed by atoms with Gasteiger partial charge in [0.25, 0.3) is 0 Å². The Hall–Kier alpha value is -0.430. The fourth-order valence-electron chi connectivity index (χ4n) is 1.32. The number of hydrogen-bond donors (Lipinski definition) is 1. The van der Waals surface area contributed by atoms with Crippen LogP contribution in [0, 0.1) is 12.3 Å². The second-order valence-corrected chi connectivity index (χ2v) is 5.51. The summed E-state index contributed by atoms with van der Waals surface area (Å²) in [7, 11) is 1.99. The van der Waals surface area contributed by atoms with Gasteiger partial charge in [-0.3, -0.25) is 0 Å². The van der Waals surface area contributed by atoms with Gasteiger partial charge in [-0.1, -0.05) is 22.0 Å². The van der Waals surface area contributed by atoms with Crippen molar-refractivity contribution < 1.29 is 0 Å². The molecule has 1 N–H and O–H groups in total. The van der Waals surface area contributed by atoms with E-state index in [9.17, 15) is 0 Å². The molecule has 0 aliphatic rings. The number of benzene rings is 1. The third kappa shape index (κ3) is 5.07. The zero-order valence-corrected chi connectivity index (χ0v) is 11.8. The fourth-order valence-corrected chi connectivity index (χ4v) is 2.98. The van der Waals surface area contributed by atoms with Gasteiger partial charge >= 0.3 is 0 Å². The van der Waals surface area contributed by atoms with Gasteiger partial charge in [0, 0.05) is 27.6 Å². The number of terminal acetylenes is 1. The van der Waals surface area contributed by atoms with E-state index >= 15 is 0 Å². The molecule has 16 heavy (non-hydrogen) atoms. The van der Waals surface area contributed by atoms with E-state index in [1.54, 1.807) is 0 Å². The SMILES string of the molecule is C#CCCC(CSc1cccc(Br)c1)NC. The Kier molecular flexibility index (Phi) is 6.63. The number of hydrogen-bond acceptors (Lipinski definition) is 2. The number of nitrogens with one attached hydrogen (secondary N) is 1. The first-order valence-electron chi connectivity index (χ1n) is 5.25. The molecule has 0 bridgehead atoms. The highest BCUT2D eigenvalue weighted by molar-refractivity contribution is 9.10. The third-order valence-corrected chi connectivity index (χ3v) is 3.94. The molecule has 1 aromatic rings. The maximum atomic E-state index is 5.27. The molecule has 0 aliphatic heterocycles. The Balaban J connectivity index is 2.40. The topological polar surface area (TPSA) is 12.0 Å². The van der Waals surface area contributed by atoms with Crippen LogP contribution in [0.1, 0.15) is 12.8 Å². The summed E-state index contributed by atoms with van der Waals surface area (Å²) < 4.78 is 1.13. The van der Waals surface area contributed by atoms with Crippen LogP contribution in [-0.4, -0.2) is 18.8 Å². The van der Waals surface area contributed by atoms with Crippen molar-refractivity contribution in [3.8, 4) is 12.3 Å². The Morgan fingerprint density at radius 3 is 3.00 bits per heavy atom. The van der Waals surface area contributed by atoms with Gasteiger partial charge in [0.15, 0.2) is 0 Å². The molecule has 86 valence electrons. The van der Waals surface area contributed by atoms with Gasteiger partial charge in [-0.25, -0.2) is 0 Å². The molecule has 1 atom stereocenters. The van der Waals surface area contributed by atoms with E-state index in [0.29, 0.717) is 6.04 Å². The van der Waals surface area contributed by atoms with Gasteiger partial charge < -0.3 is 5.32 Å². The lowest BCUT2D eigenvalue weighted by Crippen LogP contribution is -2.27. The summed E-state index contributed by atoms with van der Waals surface area (Å²) >= 11 is 5.33. The van der Waals surface area contributed by atoms with E-state index in [1.807, 2.05) is 24.9 Å². The van der Waals surface area contributed by atoms with Crippen LogP contribution in [0.25, 0.3) is 0 Å². The van der Waals surface area contributed by atoms with Crippen molar-refractivity contribution in [1.82, 2.24) is 5.32 Å². The van der Waals surface area contributed by atoms with Crippen molar-refractivity contribution in [1.29, 1.82) is 0 Å². The van der Waals surface area contributed by atoms with Crippen molar-refractivity contribution in [3.05, 3.63) is 28.7 Å². The second-order valence-electron chi connectivity index (χ2n) is 3.50. The Labute approximate surface area is 111 Å². The van der Waals surface area contributed by atoms with Gasteiger partial charge in [-0.05, 0) is 31.7 Å². The second kappa shape index (κ2) is 7.78. The first-order valence-corrected chi connectivity index (χ1v) is 7.03. The number of halogens is 1. The van der Waals surface area contributed by atoms with Gasteiger partial charge in [0.05, 0.1) is 0 Å². The Morgan fingerprint density at radius 1 is 1.56 bits per heavy atom.